The molecule has 1 amide bonds. The highest BCUT2D eigenvalue weighted by molar-refractivity contribution is 6.32. The molecule has 108 valence electrons. The molecule has 0 bridgehead atoms. The van der Waals surface area contributed by atoms with Gasteiger partial charge < -0.3 is 4.90 Å². The molecule has 5 heteroatoms. The van der Waals surface area contributed by atoms with E-state index >= 15 is 0 Å². The van der Waals surface area contributed by atoms with Crippen molar-refractivity contribution in [3.63, 3.8) is 0 Å². The molecule has 0 saturated carbocycles. The van der Waals surface area contributed by atoms with Gasteiger partial charge in [-0.05, 0) is 30.0 Å². The van der Waals surface area contributed by atoms with Crippen molar-refractivity contribution in [1.29, 1.82) is 0 Å². The fourth-order valence-electron chi connectivity index (χ4n) is 2.61. The molecule has 0 unspecified atom stereocenters. The first-order chi connectivity index (χ1) is 10.1. The Morgan fingerprint density at radius 2 is 1.81 bits per heavy atom. The molecule has 0 N–H and O–H groups in total. The Hall–Kier alpha value is -1.94. The minimum absolute atomic E-state index is 0.0446. The van der Waals surface area contributed by atoms with Crippen molar-refractivity contribution in [2.24, 2.45) is 0 Å². The molecule has 0 atom stereocenters. The van der Waals surface area contributed by atoms with Gasteiger partial charge in [-0.15, -0.1) is 0 Å². The highest BCUT2D eigenvalue weighted by Crippen LogP contribution is 2.20. The van der Waals surface area contributed by atoms with Crippen LogP contribution in [0, 0.1) is 5.82 Å². The first kappa shape index (κ1) is 14.0. The number of hydrogen-bond donors (Lipinski definition) is 0. The molecule has 0 spiro atoms. The van der Waals surface area contributed by atoms with Gasteiger partial charge in [0.1, 0.15) is 11.0 Å². The van der Waals surface area contributed by atoms with E-state index in [9.17, 15) is 9.18 Å². The molecule has 0 aliphatic carbocycles. The van der Waals surface area contributed by atoms with Gasteiger partial charge in [-0.2, -0.15) is 0 Å². The third-order valence-electron chi connectivity index (χ3n) is 3.74. The fraction of sp³-hybridized carbons (Fsp3) is 0.250. The number of pyridine rings is 1. The standard InChI is InChI=1S/C16H14ClFN2O/c17-15-14(9-13(18)10-19-15)16(21)20-7-5-11-3-1-2-4-12(11)6-8-20/h1-4,9-10H,5-8H2. The van der Waals surface area contributed by atoms with Crippen molar-refractivity contribution < 1.29 is 9.18 Å². The summed E-state index contributed by atoms with van der Waals surface area (Å²) in [4.78, 5) is 17.9. The zero-order chi connectivity index (χ0) is 14.8. The summed E-state index contributed by atoms with van der Waals surface area (Å²) in [5, 5.41) is 0.0446. The Kier molecular flexibility index (Phi) is 3.88. The molecule has 0 saturated heterocycles. The van der Waals surface area contributed by atoms with E-state index in [2.05, 4.69) is 17.1 Å². The molecule has 1 aliphatic rings. The van der Waals surface area contributed by atoms with Crippen LogP contribution >= 0.6 is 11.6 Å². The summed E-state index contributed by atoms with van der Waals surface area (Å²) in [6.07, 6.45) is 2.60. The molecule has 0 radical (unpaired) electrons. The molecule has 1 aromatic carbocycles. The van der Waals surface area contributed by atoms with Gasteiger partial charge >= 0.3 is 0 Å². The molecule has 21 heavy (non-hydrogen) atoms. The normalized spacial score (nSPS) is 14.5. The Balaban J connectivity index is 1.82. The third-order valence-corrected chi connectivity index (χ3v) is 4.05. The summed E-state index contributed by atoms with van der Waals surface area (Å²) in [7, 11) is 0. The fourth-order valence-corrected chi connectivity index (χ4v) is 2.80. The zero-order valence-corrected chi connectivity index (χ0v) is 12.1. The smallest absolute Gasteiger partial charge is 0.257 e. The number of halogens is 2. The topological polar surface area (TPSA) is 33.2 Å². The number of amides is 1. The van der Waals surface area contributed by atoms with Gasteiger partial charge in [-0.3, -0.25) is 4.79 Å². The highest BCUT2D eigenvalue weighted by Gasteiger charge is 2.22. The molecule has 1 aliphatic heterocycles. The monoisotopic (exact) mass is 304 g/mol. The number of fused-ring (bicyclic) bond motifs is 1. The van der Waals surface area contributed by atoms with E-state index in [1.54, 1.807) is 4.90 Å². The van der Waals surface area contributed by atoms with E-state index in [0.29, 0.717) is 13.1 Å². The molecule has 1 aromatic heterocycles. The Morgan fingerprint density at radius 3 is 2.43 bits per heavy atom. The van der Waals surface area contributed by atoms with E-state index in [-0.39, 0.29) is 16.6 Å². The van der Waals surface area contributed by atoms with Crippen molar-refractivity contribution in [2.45, 2.75) is 12.8 Å². The van der Waals surface area contributed by atoms with Gasteiger partial charge in [-0.25, -0.2) is 9.37 Å². The minimum Gasteiger partial charge on any atom is -0.338 e. The molecular formula is C16H14ClFN2O. The van der Waals surface area contributed by atoms with Gasteiger partial charge in [0, 0.05) is 13.1 Å². The van der Waals surface area contributed by atoms with Crippen LogP contribution < -0.4 is 0 Å². The number of carbonyl (C=O) groups is 1. The second kappa shape index (κ2) is 5.82. The summed E-state index contributed by atoms with van der Waals surface area (Å²) in [5.41, 5.74) is 2.65. The average Bonchev–Trinajstić information content (AvgIpc) is 2.71. The zero-order valence-electron chi connectivity index (χ0n) is 11.4. The lowest BCUT2D eigenvalue weighted by Gasteiger charge is -2.20. The van der Waals surface area contributed by atoms with Crippen LogP contribution in [0.3, 0.4) is 0 Å². The Labute approximate surface area is 127 Å². The van der Waals surface area contributed by atoms with Crippen molar-refractivity contribution in [3.05, 3.63) is 64.2 Å². The maximum absolute atomic E-state index is 13.3. The highest BCUT2D eigenvalue weighted by atomic mass is 35.5. The summed E-state index contributed by atoms with van der Waals surface area (Å²) in [6.45, 7) is 1.20. The van der Waals surface area contributed by atoms with Crippen LogP contribution in [-0.4, -0.2) is 28.9 Å². The van der Waals surface area contributed by atoms with Crippen LogP contribution in [0.4, 0.5) is 4.39 Å². The van der Waals surface area contributed by atoms with Gasteiger partial charge in [0.05, 0.1) is 11.8 Å². The van der Waals surface area contributed by atoms with Crippen molar-refractivity contribution in [1.82, 2.24) is 9.88 Å². The molecule has 3 nitrogen and oxygen atoms in total. The van der Waals surface area contributed by atoms with E-state index in [1.165, 1.54) is 11.1 Å². The molecule has 2 heterocycles. The maximum atomic E-state index is 13.3. The van der Waals surface area contributed by atoms with E-state index in [0.717, 1.165) is 25.1 Å². The lowest BCUT2D eigenvalue weighted by atomic mass is 10.0. The number of benzene rings is 1. The third kappa shape index (κ3) is 2.90. The van der Waals surface area contributed by atoms with E-state index < -0.39 is 5.82 Å². The Morgan fingerprint density at radius 1 is 1.19 bits per heavy atom. The quantitative estimate of drug-likeness (QED) is 0.759. The molecule has 0 fully saturated rings. The molecular weight excluding hydrogens is 291 g/mol. The molecule has 2 aromatic rings. The van der Waals surface area contributed by atoms with Crippen LogP contribution in [0.5, 0.6) is 0 Å². The second-order valence-electron chi connectivity index (χ2n) is 5.05. The van der Waals surface area contributed by atoms with Crippen LogP contribution in [0.25, 0.3) is 0 Å². The number of carbonyl (C=O) groups excluding carboxylic acids is 1. The summed E-state index contributed by atoms with van der Waals surface area (Å²) in [6, 6.07) is 9.32. The Bertz CT molecular complexity index is 663. The molecule has 3 rings (SSSR count). The van der Waals surface area contributed by atoms with Gasteiger partial charge in [-0.1, -0.05) is 35.9 Å². The lowest BCUT2D eigenvalue weighted by Crippen LogP contribution is -2.33. The summed E-state index contributed by atoms with van der Waals surface area (Å²) < 4.78 is 13.3. The van der Waals surface area contributed by atoms with Crippen LogP contribution in [-0.2, 0) is 12.8 Å². The van der Waals surface area contributed by atoms with Crippen LogP contribution in [0.1, 0.15) is 21.5 Å². The SMILES string of the molecule is O=C(c1cc(F)cnc1Cl)N1CCc2ccccc2CC1. The van der Waals surface area contributed by atoms with Gasteiger partial charge in [0.25, 0.3) is 5.91 Å². The predicted octanol–water partition coefficient (Wildman–Crippen LogP) is 3.12. The maximum Gasteiger partial charge on any atom is 0.257 e. The predicted molar refractivity (Wildman–Crippen MR) is 79.0 cm³/mol. The van der Waals surface area contributed by atoms with Gasteiger partial charge in [0.15, 0.2) is 0 Å². The van der Waals surface area contributed by atoms with Crippen molar-refractivity contribution in [3.8, 4) is 0 Å². The van der Waals surface area contributed by atoms with Crippen LogP contribution in [0.2, 0.25) is 5.15 Å². The van der Waals surface area contributed by atoms with E-state index in [4.69, 9.17) is 11.6 Å². The lowest BCUT2D eigenvalue weighted by molar-refractivity contribution is 0.0762. The largest absolute Gasteiger partial charge is 0.338 e. The van der Waals surface area contributed by atoms with E-state index in [1.807, 2.05) is 12.1 Å². The number of hydrogen-bond acceptors (Lipinski definition) is 2. The number of aromatic nitrogens is 1. The average molecular weight is 305 g/mol. The van der Waals surface area contributed by atoms with Crippen LogP contribution in [0.15, 0.2) is 36.5 Å². The number of rotatable bonds is 1. The summed E-state index contributed by atoms with van der Waals surface area (Å²) in [5.74, 6) is -0.819. The number of nitrogens with zero attached hydrogens (tertiary/aromatic N) is 2. The summed E-state index contributed by atoms with van der Waals surface area (Å²) >= 11 is 5.91. The van der Waals surface area contributed by atoms with Crippen molar-refractivity contribution in [2.75, 3.05) is 13.1 Å². The van der Waals surface area contributed by atoms with Gasteiger partial charge in [0.2, 0.25) is 0 Å². The second-order valence-corrected chi connectivity index (χ2v) is 5.41. The first-order valence-corrected chi connectivity index (χ1v) is 7.20. The minimum atomic E-state index is -0.555. The first-order valence-electron chi connectivity index (χ1n) is 6.82. The van der Waals surface area contributed by atoms with Crippen molar-refractivity contribution >= 4 is 17.5 Å².